The molecule has 4 aliphatic heterocycles. The number of hydrogen-bond donors (Lipinski definition) is 7. The Hall–Kier alpha value is -1.45. The number of carbonyl (C=O) groups is 1. The Labute approximate surface area is 322 Å². The predicted molar refractivity (Wildman–Crippen MR) is 203 cm³/mol. The molecule has 0 aromatic rings. The van der Waals surface area contributed by atoms with Crippen LogP contribution in [0, 0.1) is 23.7 Å². The van der Waals surface area contributed by atoms with E-state index in [2.05, 4.69) is 13.0 Å². The van der Waals surface area contributed by atoms with Crippen LogP contribution in [0.4, 0.5) is 0 Å². The Morgan fingerprint density at radius 2 is 1.59 bits per heavy atom. The molecule has 12 nitrogen and oxygen atoms in total. The monoisotopic (exact) mass is 769 g/mol. The molecule has 3 fully saturated rings. The number of carbonyl (C=O) groups excluding carboxylic acids is 1. The van der Waals surface area contributed by atoms with Crippen LogP contribution in [-0.2, 0) is 23.7 Å². The Balaban J connectivity index is 1.67. The first-order valence-corrected chi connectivity index (χ1v) is 20.5. The van der Waals surface area contributed by atoms with Gasteiger partial charge in [-0.3, -0.25) is 0 Å². The minimum atomic E-state index is -1.96. The third-order valence-corrected chi connectivity index (χ3v) is 12.9. The molecule has 15 atom stereocenters. The number of ether oxygens (including phenoxy) is 4. The van der Waals surface area contributed by atoms with E-state index in [1.807, 2.05) is 33.8 Å². The summed E-state index contributed by atoms with van der Waals surface area (Å²) in [5.74, 6) is -4.98. The number of hydrogen-bond acceptors (Lipinski definition) is 12. The highest BCUT2D eigenvalue weighted by molar-refractivity contribution is 5.82. The van der Waals surface area contributed by atoms with Crippen molar-refractivity contribution in [2.45, 2.75) is 210 Å². The zero-order chi connectivity index (χ0) is 40.3. The second kappa shape index (κ2) is 18.0. The summed E-state index contributed by atoms with van der Waals surface area (Å²) in [6, 6.07) is 0. The highest BCUT2D eigenvalue weighted by Gasteiger charge is 2.57. The molecule has 4 aliphatic rings. The van der Waals surface area contributed by atoms with Crippen molar-refractivity contribution in [3.05, 3.63) is 24.3 Å². The Bertz CT molecular complexity index is 1280. The summed E-state index contributed by atoms with van der Waals surface area (Å²) in [5, 5.41) is 78.0. The van der Waals surface area contributed by atoms with Gasteiger partial charge in [-0.2, -0.15) is 0 Å². The summed E-state index contributed by atoms with van der Waals surface area (Å²) < 4.78 is 26.1. The molecule has 0 aromatic heterocycles. The van der Waals surface area contributed by atoms with Gasteiger partial charge in [-0.05, 0) is 84.6 Å². The Kier molecular flexibility index (Phi) is 15.1. The molecule has 0 radical (unpaired) electrons. The van der Waals surface area contributed by atoms with Crippen molar-refractivity contribution in [3.63, 3.8) is 0 Å². The first kappa shape index (κ1) is 45.3. The van der Waals surface area contributed by atoms with Crippen molar-refractivity contribution in [2.24, 2.45) is 23.7 Å². The number of rotatable bonds is 3. The summed E-state index contributed by atoms with van der Waals surface area (Å²) >= 11 is 0. The quantitative estimate of drug-likeness (QED) is 0.156. The molecular formula is C42H72O12. The summed E-state index contributed by atoms with van der Waals surface area (Å²) in [4.78, 5) is 13.5. The lowest BCUT2D eigenvalue weighted by molar-refractivity contribution is -0.358. The van der Waals surface area contributed by atoms with Crippen LogP contribution in [0.5, 0.6) is 0 Å². The lowest BCUT2D eigenvalue weighted by Gasteiger charge is -2.52. The molecule has 0 aromatic carbocycles. The topological polar surface area (TPSA) is 196 Å². The molecule has 12 heteroatoms. The average molecular weight is 769 g/mol. The van der Waals surface area contributed by atoms with E-state index in [1.165, 1.54) is 20.8 Å². The van der Waals surface area contributed by atoms with Gasteiger partial charge in [0.1, 0.15) is 11.7 Å². The zero-order valence-corrected chi connectivity index (χ0v) is 34.0. The first-order valence-electron chi connectivity index (χ1n) is 20.5. The normalized spacial score (nSPS) is 46.7. The van der Waals surface area contributed by atoms with Gasteiger partial charge in [0, 0.05) is 49.5 Å². The van der Waals surface area contributed by atoms with Crippen LogP contribution in [0.15, 0.2) is 24.3 Å². The molecule has 0 amide bonds. The largest absolute Gasteiger partial charge is 0.459 e. The molecule has 0 aliphatic carbocycles. The molecule has 4 rings (SSSR count). The van der Waals surface area contributed by atoms with Crippen molar-refractivity contribution in [1.82, 2.24) is 0 Å². The van der Waals surface area contributed by atoms with Gasteiger partial charge < -0.3 is 54.7 Å². The van der Waals surface area contributed by atoms with E-state index in [9.17, 15) is 40.5 Å². The second-order valence-electron chi connectivity index (χ2n) is 18.4. The number of aliphatic hydroxyl groups is 7. The van der Waals surface area contributed by atoms with E-state index in [1.54, 1.807) is 0 Å². The van der Waals surface area contributed by atoms with Crippen LogP contribution in [0.1, 0.15) is 139 Å². The fourth-order valence-electron chi connectivity index (χ4n) is 8.87. The van der Waals surface area contributed by atoms with Gasteiger partial charge in [-0.15, -0.1) is 0 Å². The summed E-state index contributed by atoms with van der Waals surface area (Å²) in [7, 11) is 0. The molecule has 4 heterocycles. The number of esters is 1. The van der Waals surface area contributed by atoms with Gasteiger partial charge in [0.2, 0.25) is 0 Å². The fourth-order valence-corrected chi connectivity index (χ4v) is 8.87. The molecule has 0 saturated carbocycles. The number of fused-ring (bicyclic) bond motifs is 3. The minimum Gasteiger partial charge on any atom is -0.459 e. The van der Waals surface area contributed by atoms with Crippen LogP contribution in [0.25, 0.3) is 0 Å². The van der Waals surface area contributed by atoms with E-state index in [0.717, 1.165) is 37.8 Å². The maximum absolute atomic E-state index is 13.5. The molecule has 312 valence electrons. The molecule has 2 bridgehead atoms. The minimum absolute atomic E-state index is 0.0952. The molecule has 1 spiro atoms. The van der Waals surface area contributed by atoms with Gasteiger partial charge in [-0.25, -0.2) is 4.79 Å². The highest BCUT2D eigenvalue weighted by atomic mass is 16.7. The van der Waals surface area contributed by atoms with Crippen LogP contribution in [0.3, 0.4) is 0 Å². The van der Waals surface area contributed by atoms with E-state index < -0.39 is 82.8 Å². The standard InChI is InChI=1S/C42H72O12/c1-9-30(43)21-32-26(2)16-20-41(52-32)24-33-28(4)34(53-41)25-42(50)29(23-38(5,6)54-42)15-13-11-10-12-14-18-39(7,48)35(45)22-31(44)27(3)37(47)40(8,49)19-17-36(46)51-33/h13,15,17,19,26-35,37,43-45,47-50H,9-12,14,16,18,20-25H2,1-8H3. The van der Waals surface area contributed by atoms with Crippen molar-refractivity contribution in [3.8, 4) is 0 Å². The van der Waals surface area contributed by atoms with E-state index in [4.69, 9.17) is 18.9 Å². The second-order valence-corrected chi connectivity index (χ2v) is 18.4. The van der Waals surface area contributed by atoms with Crippen LogP contribution >= 0.6 is 0 Å². The Morgan fingerprint density at radius 3 is 2.28 bits per heavy atom. The van der Waals surface area contributed by atoms with Crippen molar-refractivity contribution in [2.75, 3.05) is 0 Å². The average Bonchev–Trinajstić information content (AvgIpc) is 3.32. The van der Waals surface area contributed by atoms with Gasteiger partial charge in [0.15, 0.2) is 11.6 Å². The number of aliphatic hydroxyl groups excluding tert-OH is 4. The molecule has 7 N–H and O–H groups in total. The smallest absolute Gasteiger partial charge is 0.330 e. The van der Waals surface area contributed by atoms with E-state index >= 15 is 0 Å². The fraction of sp³-hybridized carbons (Fsp3) is 0.881. The molecule has 15 unspecified atom stereocenters. The SMILES string of the molecule is CCC(O)CC1OC2(CCC1C)CC1OC(=O)C=CC(C)(O)C(O)C(C)C(O)CC(O)C(C)(O)CCCCCC=CC3CC(C)(C)OC3(O)CC(O2)C1C. The first-order chi connectivity index (χ1) is 25.0. The maximum Gasteiger partial charge on any atom is 0.330 e. The molecular weight excluding hydrogens is 696 g/mol. The number of allylic oxidation sites excluding steroid dienone is 1. The van der Waals surface area contributed by atoms with Crippen molar-refractivity contribution < 1.29 is 59.5 Å². The lowest BCUT2D eigenvalue weighted by Crippen LogP contribution is -2.59. The zero-order valence-electron chi connectivity index (χ0n) is 34.0. The van der Waals surface area contributed by atoms with Crippen LogP contribution in [-0.4, -0.2) is 113 Å². The summed E-state index contributed by atoms with van der Waals surface area (Å²) in [5.41, 5.74) is -4.05. The molecule has 3 saturated heterocycles. The lowest BCUT2D eigenvalue weighted by atomic mass is 9.79. The predicted octanol–water partition coefficient (Wildman–Crippen LogP) is 4.58. The van der Waals surface area contributed by atoms with Gasteiger partial charge >= 0.3 is 5.97 Å². The van der Waals surface area contributed by atoms with Crippen LogP contribution in [0.2, 0.25) is 0 Å². The van der Waals surface area contributed by atoms with Crippen molar-refractivity contribution >= 4 is 5.97 Å². The van der Waals surface area contributed by atoms with E-state index in [0.29, 0.717) is 38.5 Å². The van der Waals surface area contributed by atoms with Gasteiger partial charge in [-0.1, -0.05) is 52.7 Å². The third-order valence-electron chi connectivity index (χ3n) is 12.9. The summed E-state index contributed by atoms with van der Waals surface area (Å²) in [6.45, 7) is 14.2. The summed E-state index contributed by atoms with van der Waals surface area (Å²) in [6.07, 6.45) is 6.33. The van der Waals surface area contributed by atoms with Crippen LogP contribution < -0.4 is 0 Å². The van der Waals surface area contributed by atoms with Gasteiger partial charge in [0.05, 0.1) is 47.8 Å². The molecule has 54 heavy (non-hydrogen) atoms. The van der Waals surface area contributed by atoms with Gasteiger partial charge in [0.25, 0.3) is 0 Å². The Morgan fingerprint density at radius 1 is 0.889 bits per heavy atom. The van der Waals surface area contributed by atoms with Crippen molar-refractivity contribution in [1.29, 1.82) is 0 Å². The van der Waals surface area contributed by atoms with E-state index in [-0.39, 0.29) is 37.2 Å². The maximum atomic E-state index is 13.5. The third kappa shape index (κ3) is 11.4. The highest BCUT2D eigenvalue weighted by Crippen LogP contribution is 2.50.